The van der Waals surface area contributed by atoms with Crippen molar-refractivity contribution < 1.29 is 9.53 Å². The average Bonchev–Trinajstić information content (AvgIpc) is 3.12. The van der Waals surface area contributed by atoms with Gasteiger partial charge in [-0.3, -0.25) is 4.79 Å². The number of nitrogens with zero attached hydrogens (tertiary/aromatic N) is 4. The van der Waals surface area contributed by atoms with E-state index in [2.05, 4.69) is 34.7 Å². The Balaban J connectivity index is 1.82. The monoisotopic (exact) mass is 377 g/mol. The lowest BCUT2D eigenvalue weighted by atomic mass is 10.1. The SMILES string of the molecule is CCCCCC[C@H](C)NC(=O)CSc1nnnn1-c1ccc(OC)cc1. The molecule has 0 aliphatic carbocycles. The van der Waals surface area contributed by atoms with Gasteiger partial charge in [0.2, 0.25) is 11.1 Å². The Bertz CT molecular complexity index is 674. The number of methoxy groups -OCH3 is 1. The fourth-order valence-electron chi connectivity index (χ4n) is 2.55. The second-order valence-corrected chi connectivity index (χ2v) is 7.12. The Kier molecular flexibility index (Phi) is 8.40. The van der Waals surface area contributed by atoms with E-state index in [-0.39, 0.29) is 17.7 Å². The van der Waals surface area contributed by atoms with Crippen LogP contribution < -0.4 is 10.1 Å². The maximum atomic E-state index is 12.1. The van der Waals surface area contributed by atoms with Crippen molar-refractivity contribution in [3.63, 3.8) is 0 Å². The fraction of sp³-hybridized carbons (Fsp3) is 0.556. The van der Waals surface area contributed by atoms with Gasteiger partial charge in [-0.05, 0) is 48.0 Å². The topological polar surface area (TPSA) is 81.9 Å². The number of hydrogen-bond acceptors (Lipinski definition) is 6. The molecule has 0 saturated carbocycles. The molecule has 26 heavy (non-hydrogen) atoms. The van der Waals surface area contributed by atoms with Crippen LogP contribution in [0.4, 0.5) is 0 Å². The summed E-state index contributed by atoms with van der Waals surface area (Å²) in [5.41, 5.74) is 0.822. The van der Waals surface area contributed by atoms with Crippen LogP contribution in [0.5, 0.6) is 5.75 Å². The van der Waals surface area contributed by atoms with Crippen molar-refractivity contribution in [2.45, 2.75) is 57.1 Å². The summed E-state index contributed by atoms with van der Waals surface area (Å²) in [5.74, 6) is 1.06. The van der Waals surface area contributed by atoms with Gasteiger partial charge < -0.3 is 10.1 Å². The van der Waals surface area contributed by atoms with E-state index >= 15 is 0 Å². The van der Waals surface area contributed by atoms with Gasteiger partial charge in [0.05, 0.1) is 18.6 Å². The van der Waals surface area contributed by atoms with Crippen molar-refractivity contribution in [3.05, 3.63) is 24.3 Å². The van der Waals surface area contributed by atoms with Gasteiger partial charge >= 0.3 is 0 Å². The Labute approximate surface area is 158 Å². The van der Waals surface area contributed by atoms with Crippen molar-refractivity contribution in [1.29, 1.82) is 0 Å². The third kappa shape index (κ3) is 6.33. The normalized spacial score (nSPS) is 12.0. The lowest BCUT2D eigenvalue weighted by Crippen LogP contribution is -2.33. The van der Waals surface area contributed by atoms with E-state index < -0.39 is 0 Å². The molecule has 1 heterocycles. The maximum Gasteiger partial charge on any atom is 0.230 e. The molecule has 0 spiro atoms. The van der Waals surface area contributed by atoms with Crippen molar-refractivity contribution >= 4 is 17.7 Å². The molecule has 0 bridgehead atoms. The number of tetrazole rings is 1. The molecule has 2 aromatic rings. The Morgan fingerprint density at radius 1 is 1.27 bits per heavy atom. The third-order valence-corrected chi connectivity index (χ3v) is 4.91. The zero-order chi connectivity index (χ0) is 18.8. The molecule has 1 atom stereocenters. The molecular formula is C18H27N5O2S. The lowest BCUT2D eigenvalue weighted by Gasteiger charge is -2.13. The van der Waals surface area contributed by atoms with Gasteiger partial charge in [-0.1, -0.05) is 44.4 Å². The summed E-state index contributed by atoms with van der Waals surface area (Å²) in [4.78, 5) is 12.1. The number of carbonyl (C=O) groups excluding carboxylic acids is 1. The first kappa shape index (κ1) is 20.2. The highest BCUT2D eigenvalue weighted by molar-refractivity contribution is 7.99. The largest absolute Gasteiger partial charge is 0.497 e. The lowest BCUT2D eigenvalue weighted by molar-refractivity contribution is -0.119. The van der Waals surface area contributed by atoms with Gasteiger partial charge in [0, 0.05) is 6.04 Å². The number of nitrogens with one attached hydrogen (secondary N) is 1. The quantitative estimate of drug-likeness (QED) is 0.478. The first-order valence-corrected chi connectivity index (χ1v) is 9.97. The highest BCUT2D eigenvalue weighted by Gasteiger charge is 2.13. The molecular weight excluding hydrogens is 350 g/mol. The van der Waals surface area contributed by atoms with E-state index in [1.807, 2.05) is 24.3 Å². The minimum Gasteiger partial charge on any atom is -0.497 e. The molecule has 8 heteroatoms. The predicted molar refractivity (Wildman–Crippen MR) is 103 cm³/mol. The molecule has 0 aliphatic heterocycles. The van der Waals surface area contributed by atoms with E-state index in [9.17, 15) is 4.79 Å². The summed E-state index contributed by atoms with van der Waals surface area (Å²) in [7, 11) is 1.62. The van der Waals surface area contributed by atoms with Gasteiger partial charge in [-0.2, -0.15) is 4.68 Å². The van der Waals surface area contributed by atoms with Crippen LogP contribution in [0, 0.1) is 0 Å². The molecule has 0 fully saturated rings. The van der Waals surface area contributed by atoms with Gasteiger partial charge in [0.15, 0.2) is 0 Å². The van der Waals surface area contributed by atoms with Gasteiger partial charge in [0.1, 0.15) is 5.75 Å². The van der Waals surface area contributed by atoms with E-state index in [1.54, 1.807) is 11.8 Å². The molecule has 0 aliphatic rings. The number of carbonyl (C=O) groups is 1. The molecule has 0 unspecified atom stereocenters. The van der Waals surface area contributed by atoms with Crippen molar-refractivity contribution in [3.8, 4) is 11.4 Å². The van der Waals surface area contributed by atoms with E-state index in [0.717, 1.165) is 24.3 Å². The minimum atomic E-state index is 0.00210. The average molecular weight is 378 g/mol. The number of ether oxygens (including phenoxy) is 1. The first-order chi connectivity index (χ1) is 12.6. The fourth-order valence-corrected chi connectivity index (χ4v) is 3.25. The Morgan fingerprint density at radius 3 is 2.73 bits per heavy atom. The summed E-state index contributed by atoms with van der Waals surface area (Å²) < 4.78 is 6.77. The molecule has 0 radical (unpaired) electrons. The van der Waals surface area contributed by atoms with Crippen LogP contribution in [0.1, 0.15) is 46.0 Å². The van der Waals surface area contributed by atoms with E-state index in [1.165, 1.54) is 31.0 Å². The summed E-state index contributed by atoms with van der Waals surface area (Å²) in [6.45, 7) is 4.25. The standard InChI is InChI=1S/C18H27N5O2S/c1-4-5-6-7-8-14(2)19-17(24)13-26-18-20-21-22-23(18)15-9-11-16(25-3)12-10-15/h9-12,14H,4-8,13H2,1-3H3,(H,19,24)/t14-/m0/s1. The number of aromatic nitrogens is 4. The molecule has 1 N–H and O–H groups in total. The first-order valence-electron chi connectivity index (χ1n) is 8.99. The van der Waals surface area contributed by atoms with Crippen molar-refractivity contribution in [2.75, 3.05) is 12.9 Å². The zero-order valence-corrected chi connectivity index (χ0v) is 16.5. The predicted octanol–water partition coefficient (Wildman–Crippen LogP) is 3.24. The number of hydrogen-bond donors (Lipinski definition) is 1. The molecule has 7 nitrogen and oxygen atoms in total. The molecule has 0 saturated heterocycles. The second kappa shape index (κ2) is 10.8. The molecule has 1 aromatic carbocycles. The van der Waals surface area contributed by atoms with Gasteiger partial charge in [0.25, 0.3) is 0 Å². The summed E-state index contributed by atoms with van der Waals surface area (Å²) in [6.07, 6.45) is 5.87. The van der Waals surface area contributed by atoms with Crippen LogP contribution in [0.25, 0.3) is 5.69 Å². The van der Waals surface area contributed by atoms with Crippen molar-refractivity contribution in [2.24, 2.45) is 0 Å². The van der Waals surface area contributed by atoms with Gasteiger partial charge in [-0.15, -0.1) is 5.10 Å². The summed E-state index contributed by atoms with van der Waals surface area (Å²) in [6, 6.07) is 7.63. The maximum absolute atomic E-state index is 12.1. The highest BCUT2D eigenvalue weighted by Crippen LogP contribution is 2.20. The second-order valence-electron chi connectivity index (χ2n) is 6.18. The van der Waals surface area contributed by atoms with E-state index in [0.29, 0.717) is 5.16 Å². The number of rotatable bonds is 11. The molecule has 1 amide bonds. The third-order valence-electron chi connectivity index (χ3n) is 3.99. The number of thioether (sulfide) groups is 1. The Morgan fingerprint density at radius 2 is 2.04 bits per heavy atom. The van der Waals surface area contributed by atoms with Crippen LogP contribution in [-0.4, -0.2) is 45.0 Å². The highest BCUT2D eigenvalue weighted by atomic mass is 32.2. The van der Waals surface area contributed by atoms with Gasteiger partial charge in [-0.25, -0.2) is 0 Å². The van der Waals surface area contributed by atoms with E-state index in [4.69, 9.17) is 4.74 Å². The van der Waals surface area contributed by atoms with Crippen LogP contribution in [0.15, 0.2) is 29.4 Å². The summed E-state index contributed by atoms with van der Waals surface area (Å²) in [5, 5.41) is 15.4. The molecule has 142 valence electrons. The van der Waals surface area contributed by atoms with Crippen LogP contribution in [0.2, 0.25) is 0 Å². The van der Waals surface area contributed by atoms with Crippen LogP contribution in [-0.2, 0) is 4.79 Å². The van der Waals surface area contributed by atoms with Crippen LogP contribution in [0.3, 0.4) is 0 Å². The summed E-state index contributed by atoms with van der Waals surface area (Å²) >= 11 is 1.32. The molecule has 2 rings (SSSR count). The Hall–Kier alpha value is -2.09. The number of unbranched alkanes of at least 4 members (excludes halogenated alkanes) is 3. The minimum absolute atomic E-state index is 0.00210. The van der Waals surface area contributed by atoms with Crippen molar-refractivity contribution in [1.82, 2.24) is 25.5 Å². The zero-order valence-electron chi connectivity index (χ0n) is 15.6. The smallest absolute Gasteiger partial charge is 0.230 e. The van der Waals surface area contributed by atoms with Crippen LogP contribution >= 0.6 is 11.8 Å². The number of benzene rings is 1. The molecule has 1 aromatic heterocycles. The number of amides is 1.